The van der Waals surface area contributed by atoms with Gasteiger partial charge in [-0.05, 0) is 25.6 Å². The molecule has 0 bridgehead atoms. The van der Waals surface area contributed by atoms with Crippen molar-refractivity contribution in [3.05, 3.63) is 29.0 Å². The lowest BCUT2D eigenvalue weighted by molar-refractivity contribution is 0.649. The summed E-state index contributed by atoms with van der Waals surface area (Å²) in [6.45, 7) is 2.06. The molecule has 0 fully saturated rings. The number of halogens is 1. The molecule has 1 atom stereocenters. The van der Waals surface area contributed by atoms with Gasteiger partial charge in [-0.1, -0.05) is 11.6 Å². The third-order valence-electron chi connectivity index (χ3n) is 1.66. The number of nitrogens with zero attached hydrogens (tertiary/aromatic N) is 1. The molecule has 1 rings (SSSR count). The molecule has 0 radical (unpaired) electrons. The maximum Gasteiger partial charge on any atom is 0.0592 e. The number of nitrogens with one attached hydrogen (secondary N) is 1. The maximum atomic E-state index is 5.76. The first kappa shape index (κ1) is 8.50. The highest BCUT2D eigenvalue weighted by Crippen LogP contribution is 2.14. The first-order valence-electron chi connectivity index (χ1n) is 3.51. The molecule has 0 aromatic carbocycles. The van der Waals surface area contributed by atoms with Crippen LogP contribution < -0.4 is 5.32 Å². The fourth-order valence-corrected chi connectivity index (χ4v) is 1.01. The summed E-state index contributed by atoms with van der Waals surface area (Å²) < 4.78 is 0. The Balaban J connectivity index is 2.86. The molecule has 0 aliphatic rings. The number of pyridine rings is 1. The number of hydrogen-bond acceptors (Lipinski definition) is 2. The average molecular weight is 171 g/mol. The van der Waals surface area contributed by atoms with Crippen molar-refractivity contribution < 1.29 is 0 Å². The van der Waals surface area contributed by atoms with E-state index in [4.69, 9.17) is 11.6 Å². The normalized spacial score (nSPS) is 13.0. The summed E-state index contributed by atoms with van der Waals surface area (Å²) in [7, 11) is 1.91. The third kappa shape index (κ3) is 2.17. The Labute approximate surface area is 71.6 Å². The second-order valence-corrected chi connectivity index (χ2v) is 2.88. The summed E-state index contributed by atoms with van der Waals surface area (Å²) in [4.78, 5) is 3.98. The van der Waals surface area contributed by atoms with Crippen molar-refractivity contribution in [2.75, 3.05) is 7.05 Å². The van der Waals surface area contributed by atoms with Crippen LogP contribution in [-0.2, 0) is 0 Å². The zero-order valence-electron chi connectivity index (χ0n) is 6.63. The zero-order chi connectivity index (χ0) is 8.27. The van der Waals surface area contributed by atoms with Gasteiger partial charge in [0.2, 0.25) is 0 Å². The van der Waals surface area contributed by atoms with Gasteiger partial charge >= 0.3 is 0 Å². The molecule has 0 aliphatic carbocycles. The highest BCUT2D eigenvalue weighted by molar-refractivity contribution is 6.30. The van der Waals surface area contributed by atoms with Crippen molar-refractivity contribution in [1.29, 1.82) is 0 Å². The smallest absolute Gasteiger partial charge is 0.0592 e. The second-order valence-electron chi connectivity index (χ2n) is 2.45. The van der Waals surface area contributed by atoms with Gasteiger partial charge in [-0.15, -0.1) is 0 Å². The molecule has 0 amide bonds. The summed E-state index contributed by atoms with van der Waals surface area (Å²) >= 11 is 5.76. The van der Waals surface area contributed by atoms with Gasteiger partial charge in [0.15, 0.2) is 0 Å². The van der Waals surface area contributed by atoms with Crippen molar-refractivity contribution in [3.63, 3.8) is 0 Å². The van der Waals surface area contributed by atoms with Gasteiger partial charge in [0.05, 0.1) is 5.02 Å². The summed E-state index contributed by atoms with van der Waals surface area (Å²) in [5, 5.41) is 3.79. The van der Waals surface area contributed by atoms with Crippen LogP contribution >= 0.6 is 11.6 Å². The lowest BCUT2D eigenvalue weighted by Crippen LogP contribution is -2.12. The molecule has 0 saturated carbocycles. The molecule has 11 heavy (non-hydrogen) atoms. The van der Waals surface area contributed by atoms with E-state index in [-0.39, 0.29) is 0 Å². The zero-order valence-corrected chi connectivity index (χ0v) is 7.39. The van der Waals surface area contributed by atoms with Crippen molar-refractivity contribution in [3.8, 4) is 0 Å². The van der Waals surface area contributed by atoms with Crippen LogP contribution in [0.5, 0.6) is 0 Å². The molecule has 1 aromatic rings. The number of rotatable bonds is 2. The van der Waals surface area contributed by atoms with Gasteiger partial charge in [-0.3, -0.25) is 4.98 Å². The molecule has 60 valence electrons. The quantitative estimate of drug-likeness (QED) is 0.735. The standard InChI is InChI=1S/C8H11ClN2/c1-6(10-2)7-3-8(9)5-11-4-7/h3-6,10H,1-2H3/t6-/m0/s1. The Kier molecular flexibility index (Phi) is 2.85. The van der Waals surface area contributed by atoms with Crippen LogP contribution in [0.1, 0.15) is 18.5 Å². The third-order valence-corrected chi connectivity index (χ3v) is 1.87. The largest absolute Gasteiger partial charge is 0.313 e. The van der Waals surface area contributed by atoms with Crippen LogP contribution in [0.25, 0.3) is 0 Å². The predicted octanol–water partition coefficient (Wildman–Crippen LogP) is 2.02. The molecule has 1 aromatic heterocycles. The minimum Gasteiger partial charge on any atom is -0.313 e. The van der Waals surface area contributed by atoms with E-state index in [0.29, 0.717) is 11.1 Å². The van der Waals surface area contributed by atoms with Gasteiger partial charge in [0.1, 0.15) is 0 Å². The van der Waals surface area contributed by atoms with E-state index < -0.39 is 0 Å². The van der Waals surface area contributed by atoms with Crippen molar-refractivity contribution in [2.24, 2.45) is 0 Å². The minimum atomic E-state index is 0.307. The fraction of sp³-hybridized carbons (Fsp3) is 0.375. The average Bonchev–Trinajstić information content (AvgIpc) is 2.03. The molecular formula is C8H11ClN2. The van der Waals surface area contributed by atoms with Crippen molar-refractivity contribution in [2.45, 2.75) is 13.0 Å². The second kappa shape index (κ2) is 3.69. The van der Waals surface area contributed by atoms with Crippen LogP contribution in [-0.4, -0.2) is 12.0 Å². The van der Waals surface area contributed by atoms with Crippen LogP contribution in [0.3, 0.4) is 0 Å². The van der Waals surface area contributed by atoms with Crippen LogP contribution in [0.2, 0.25) is 5.02 Å². The van der Waals surface area contributed by atoms with Crippen LogP contribution in [0, 0.1) is 0 Å². The Hall–Kier alpha value is -0.600. The highest BCUT2D eigenvalue weighted by Gasteiger charge is 2.01. The molecule has 0 saturated heterocycles. The summed E-state index contributed by atoms with van der Waals surface area (Å²) in [5.41, 5.74) is 1.11. The van der Waals surface area contributed by atoms with Gasteiger partial charge in [0, 0.05) is 18.4 Å². The predicted molar refractivity (Wildman–Crippen MR) is 46.7 cm³/mol. The maximum absolute atomic E-state index is 5.76. The Morgan fingerprint density at radius 2 is 2.27 bits per heavy atom. The van der Waals surface area contributed by atoms with Crippen molar-refractivity contribution in [1.82, 2.24) is 10.3 Å². The highest BCUT2D eigenvalue weighted by atomic mass is 35.5. The Morgan fingerprint density at radius 3 is 2.82 bits per heavy atom. The van der Waals surface area contributed by atoms with E-state index in [1.54, 1.807) is 6.20 Å². The molecular weight excluding hydrogens is 160 g/mol. The first-order chi connectivity index (χ1) is 5.24. The fourth-order valence-electron chi connectivity index (χ4n) is 0.832. The monoisotopic (exact) mass is 170 g/mol. The van der Waals surface area contributed by atoms with Crippen molar-refractivity contribution >= 4 is 11.6 Å². The minimum absolute atomic E-state index is 0.307. The molecule has 1 heterocycles. The molecule has 2 nitrogen and oxygen atoms in total. The van der Waals surface area contributed by atoms with E-state index in [9.17, 15) is 0 Å². The molecule has 3 heteroatoms. The molecule has 0 unspecified atom stereocenters. The van der Waals surface area contributed by atoms with E-state index in [1.807, 2.05) is 19.3 Å². The van der Waals surface area contributed by atoms with E-state index in [2.05, 4.69) is 17.2 Å². The molecule has 1 N–H and O–H groups in total. The lowest BCUT2D eigenvalue weighted by atomic mass is 10.1. The summed E-state index contributed by atoms with van der Waals surface area (Å²) in [6, 6.07) is 2.22. The van der Waals surface area contributed by atoms with E-state index in [0.717, 1.165) is 5.56 Å². The Bertz CT molecular complexity index is 237. The van der Waals surface area contributed by atoms with Gasteiger partial charge in [-0.25, -0.2) is 0 Å². The number of aromatic nitrogens is 1. The number of hydrogen-bond donors (Lipinski definition) is 1. The molecule has 0 spiro atoms. The Morgan fingerprint density at radius 1 is 1.55 bits per heavy atom. The van der Waals surface area contributed by atoms with Gasteiger partial charge in [-0.2, -0.15) is 0 Å². The SMILES string of the molecule is CN[C@@H](C)c1cncc(Cl)c1. The topological polar surface area (TPSA) is 24.9 Å². The summed E-state index contributed by atoms with van der Waals surface area (Å²) in [5.74, 6) is 0. The first-order valence-corrected chi connectivity index (χ1v) is 3.89. The van der Waals surface area contributed by atoms with Crippen LogP contribution in [0.4, 0.5) is 0 Å². The van der Waals surface area contributed by atoms with E-state index >= 15 is 0 Å². The summed E-state index contributed by atoms with van der Waals surface area (Å²) in [6.07, 6.45) is 3.44. The van der Waals surface area contributed by atoms with Crippen LogP contribution in [0.15, 0.2) is 18.5 Å². The van der Waals surface area contributed by atoms with Gasteiger partial charge < -0.3 is 5.32 Å². The van der Waals surface area contributed by atoms with Gasteiger partial charge in [0.25, 0.3) is 0 Å². The lowest BCUT2D eigenvalue weighted by Gasteiger charge is -2.09. The van der Waals surface area contributed by atoms with E-state index in [1.165, 1.54) is 0 Å². The molecule has 0 aliphatic heterocycles.